The van der Waals surface area contributed by atoms with Crippen molar-refractivity contribution in [2.24, 2.45) is 5.16 Å². The molecule has 0 saturated carbocycles. The van der Waals surface area contributed by atoms with Crippen LogP contribution in [-0.2, 0) is 25.4 Å². The maximum atomic E-state index is 12.6. The van der Waals surface area contributed by atoms with E-state index in [1.807, 2.05) is 0 Å². The highest BCUT2D eigenvalue weighted by Crippen LogP contribution is 2.38. The summed E-state index contributed by atoms with van der Waals surface area (Å²) in [5.41, 5.74) is 0.641. The zero-order chi connectivity index (χ0) is 26.1. The minimum atomic E-state index is -2.00. The first-order chi connectivity index (χ1) is 15.7. The van der Waals surface area contributed by atoms with Crippen LogP contribution in [-0.4, -0.2) is 75.2 Å². The fourth-order valence-electron chi connectivity index (χ4n) is 2.67. The van der Waals surface area contributed by atoms with Gasteiger partial charge in [-0.2, -0.15) is 0 Å². The molecule has 0 N–H and O–H groups in total. The van der Waals surface area contributed by atoms with E-state index >= 15 is 0 Å². The summed E-state index contributed by atoms with van der Waals surface area (Å²) in [6.07, 6.45) is 0.490. The summed E-state index contributed by atoms with van der Waals surface area (Å²) in [6, 6.07) is 5.87. The van der Waals surface area contributed by atoms with Gasteiger partial charge in [0, 0.05) is 32.6 Å². The van der Waals surface area contributed by atoms with Gasteiger partial charge in [0.2, 0.25) is 6.41 Å². The second-order valence-corrected chi connectivity index (χ2v) is 14.3. The highest BCUT2D eigenvalue weighted by Gasteiger charge is 2.43. The van der Waals surface area contributed by atoms with Crippen molar-refractivity contribution in [1.82, 2.24) is 9.80 Å². The lowest BCUT2D eigenvalue weighted by Gasteiger charge is -2.38. The lowest BCUT2D eigenvalue weighted by Crippen LogP contribution is -2.44. The Bertz CT molecular complexity index is 867. The van der Waals surface area contributed by atoms with Gasteiger partial charge in [0.25, 0.3) is 5.69 Å². The summed E-state index contributed by atoms with van der Waals surface area (Å²) in [7, 11) is 2.80. The number of amidine groups is 1. The molecule has 0 aliphatic carbocycles. The molecule has 0 radical (unpaired) electrons. The van der Waals surface area contributed by atoms with Gasteiger partial charge in [0.15, 0.2) is 14.2 Å². The smallest absolute Gasteiger partial charge is 0.415 e. The second-order valence-electron chi connectivity index (χ2n) is 9.55. The van der Waals surface area contributed by atoms with Gasteiger partial charge in [0.1, 0.15) is 13.7 Å². The van der Waals surface area contributed by atoms with E-state index in [4.69, 9.17) is 14.0 Å². The van der Waals surface area contributed by atoms with Crippen molar-refractivity contribution in [3.63, 3.8) is 0 Å². The topological polar surface area (TPSA) is 124 Å². The zero-order valence-electron chi connectivity index (χ0n) is 21.2. The number of hydrogen-bond donors (Lipinski definition) is 0. The Morgan fingerprint density at radius 2 is 1.85 bits per heavy atom. The van der Waals surface area contributed by atoms with Crippen molar-refractivity contribution in [3.8, 4) is 0 Å². The molecule has 1 heterocycles. The van der Waals surface area contributed by atoms with Crippen molar-refractivity contribution in [1.29, 1.82) is 0 Å². The van der Waals surface area contributed by atoms with Crippen molar-refractivity contribution in [2.75, 3.05) is 27.7 Å². The fraction of sp³-hybridized carbons (Fsp3) is 0.591. The van der Waals surface area contributed by atoms with Crippen LogP contribution in [0.4, 0.5) is 10.5 Å². The fourth-order valence-corrected chi connectivity index (χ4v) is 4.01. The number of nitrogens with zero attached hydrogens (tertiary/aromatic N) is 4. The molecule has 1 aliphatic rings. The second kappa shape index (κ2) is 12.5. The highest BCUT2D eigenvalue weighted by molar-refractivity contribution is 6.74. The molecule has 0 unspecified atom stereocenters. The molecule has 190 valence electrons. The molecule has 11 nitrogen and oxygen atoms in total. The molecule has 0 aromatic heterocycles. The molecule has 2 rings (SSSR count). The van der Waals surface area contributed by atoms with Crippen LogP contribution in [0.5, 0.6) is 0 Å². The van der Waals surface area contributed by atoms with E-state index in [0.717, 1.165) is 6.41 Å². The Balaban J connectivity index is 0.00000104. The normalized spacial score (nSPS) is 17.0. The molecule has 1 atom stereocenters. The van der Waals surface area contributed by atoms with Crippen LogP contribution in [0.15, 0.2) is 29.4 Å². The number of nitro benzene ring substituents is 1. The zero-order valence-corrected chi connectivity index (χ0v) is 22.2. The number of non-ortho nitro benzene ring substituents is 1. The molecule has 1 saturated heterocycles. The third-order valence-electron chi connectivity index (χ3n) is 5.51. The van der Waals surface area contributed by atoms with E-state index in [1.54, 1.807) is 26.2 Å². The first-order valence-corrected chi connectivity index (χ1v) is 13.7. The quantitative estimate of drug-likeness (QED) is 0.242. The van der Waals surface area contributed by atoms with Crippen LogP contribution in [0, 0.1) is 10.1 Å². The SMILES string of the molecule is CN(C)C=O.CON=C1C[C@@H](O[Si](C)(C)C(C)(C)C)CN1C(=O)OCc1ccc([N+](=O)[O-])cc1. The average Bonchev–Trinajstić information content (AvgIpc) is 3.13. The van der Waals surface area contributed by atoms with Crippen LogP contribution < -0.4 is 0 Å². The minimum absolute atomic E-state index is 0.00134. The number of oxime groups is 1. The van der Waals surface area contributed by atoms with Gasteiger partial charge in [-0.3, -0.25) is 19.8 Å². The molecule has 1 aromatic rings. The lowest BCUT2D eigenvalue weighted by molar-refractivity contribution is -0.384. The predicted octanol–water partition coefficient (Wildman–Crippen LogP) is 3.99. The highest BCUT2D eigenvalue weighted by atomic mass is 28.4. The number of rotatable bonds is 7. The number of carbonyl (C=O) groups is 2. The van der Waals surface area contributed by atoms with Crippen molar-refractivity contribution >= 4 is 32.3 Å². The van der Waals surface area contributed by atoms with Gasteiger partial charge in [-0.05, 0) is 35.8 Å². The molecular formula is C22H36N4O7Si. The summed E-state index contributed by atoms with van der Waals surface area (Å²) in [6.45, 7) is 11.2. The number of nitro groups is 1. The standard InChI is InChI=1S/C19H29N3O6Si.C3H7NO/c1-19(2,3)29(5,6)28-16-11-17(20-26-4)21(12-16)18(23)27-13-14-7-9-15(10-8-14)22(24)25;1-4(2)3-5/h7-10,16H,11-13H2,1-6H3;3H,1-2H3/t16-;/m1./s1. The Hall–Kier alpha value is -2.99. The van der Waals surface area contributed by atoms with Gasteiger partial charge in [-0.1, -0.05) is 25.9 Å². The first kappa shape index (κ1) is 29.0. The van der Waals surface area contributed by atoms with E-state index < -0.39 is 19.3 Å². The number of hydrogen-bond acceptors (Lipinski definition) is 8. The molecule has 2 amide bonds. The molecule has 12 heteroatoms. The molecule has 0 bridgehead atoms. The third-order valence-corrected chi connectivity index (χ3v) is 10.0. The monoisotopic (exact) mass is 496 g/mol. The van der Waals surface area contributed by atoms with Gasteiger partial charge in [-0.15, -0.1) is 0 Å². The molecule has 1 fully saturated rings. The van der Waals surface area contributed by atoms with Crippen molar-refractivity contribution in [3.05, 3.63) is 39.9 Å². The lowest BCUT2D eigenvalue weighted by atomic mass is 10.2. The molecule has 1 aliphatic heterocycles. The number of ether oxygens (including phenoxy) is 1. The molecule has 1 aromatic carbocycles. The van der Waals surface area contributed by atoms with E-state index in [0.29, 0.717) is 24.4 Å². The van der Waals surface area contributed by atoms with Crippen LogP contribution >= 0.6 is 0 Å². The van der Waals surface area contributed by atoms with Gasteiger partial charge >= 0.3 is 6.09 Å². The number of carbonyl (C=O) groups excluding carboxylic acids is 2. The van der Waals surface area contributed by atoms with Crippen LogP contribution in [0.2, 0.25) is 18.1 Å². The number of likely N-dealkylation sites (tertiary alicyclic amines) is 1. The molecular weight excluding hydrogens is 460 g/mol. The third kappa shape index (κ3) is 8.75. The maximum Gasteiger partial charge on any atom is 0.415 e. The summed E-state index contributed by atoms with van der Waals surface area (Å²) >= 11 is 0. The summed E-state index contributed by atoms with van der Waals surface area (Å²) in [4.78, 5) is 40.0. The van der Waals surface area contributed by atoms with E-state index in [1.165, 1.54) is 29.0 Å². The van der Waals surface area contributed by atoms with E-state index in [-0.39, 0.29) is 23.4 Å². The molecule has 34 heavy (non-hydrogen) atoms. The maximum absolute atomic E-state index is 12.6. The largest absolute Gasteiger partial charge is 0.444 e. The number of benzene rings is 1. The van der Waals surface area contributed by atoms with Gasteiger partial charge < -0.3 is 18.9 Å². The number of amides is 2. The Labute approximate surface area is 201 Å². The van der Waals surface area contributed by atoms with E-state index in [2.05, 4.69) is 39.0 Å². The Morgan fingerprint density at radius 3 is 2.29 bits per heavy atom. The minimum Gasteiger partial charge on any atom is -0.444 e. The summed E-state index contributed by atoms with van der Waals surface area (Å²) in [5, 5.41) is 14.7. The van der Waals surface area contributed by atoms with Crippen LogP contribution in [0.3, 0.4) is 0 Å². The Kier molecular flexibility index (Phi) is 10.6. The Morgan fingerprint density at radius 1 is 1.29 bits per heavy atom. The first-order valence-electron chi connectivity index (χ1n) is 10.8. The van der Waals surface area contributed by atoms with Crippen molar-refractivity contribution in [2.45, 2.75) is 58.0 Å². The van der Waals surface area contributed by atoms with Crippen molar-refractivity contribution < 1.29 is 28.5 Å². The molecule has 0 spiro atoms. The van der Waals surface area contributed by atoms with Gasteiger partial charge in [-0.25, -0.2) is 4.79 Å². The van der Waals surface area contributed by atoms with Gasteiger partial charge in [0.05, 0.1) is 17.6 Å². The summed E-state index contributed by atoms with van der Waals surface area (Å²) in [5.74, 6) is 0.463. The average molecular weight is 497 g/mol. The van der Waals surface area contributed by atoms with E-state index in [9.17, 15) is 19.7 Å². The van der Waals surface area contributed by atoms with Crippen LogP contribution in [0.1, 0.15) is 32.8 Å². The van der Waals surface area contributed by atoms with Crippen LogP contribution in [0.25, 0.3) is 0 Å². The predicted molar refractivity (Wildman–Crippen MR) is 131 cm³/mol. The summed E-state index contributed by atoms with van der Waals surface area (Å²) < 4.78 is 11.8.